The molecule has 150 valence electrons. The van der Waals surface area contributed by atoms with E-state index >= 15 is 0 Å². The van der Waals surface area contributed by atoms with Gasteiger partial charge in [-0.15, -0.1) is 11.8 Å². The third kappa shape index (κ3) is 4.33. The van der Waals surface area contributed by atoms with Crippen LogP contribution in [-0.2, 0) is 12.8 Å². The number of halogens is 1. The molecule has 1 N–H and O–H groups in total. The number of hydrogen-bond donors (Lipinski definition) is 1. The number of fused-ring (bicyclic) bond motifs is 1. The van der Waals surface area contributed by atoms with E-state index in [4.69, 9.17) is 16.1 Å². The summed E-state index contributed by atoms with van der Waals surface area (Å²) in [5, 5.41) is 8.37. The Morgan fingerprint density at radius 1 is 1.28 bits per heavy atom. The normalized spacial score (nSPS) is 13.2. The lowest BCUT2D eigenvalue weighted by Crippen LogP contribution is -2.14. The fourth-order valence-electron chi connectivity index (χ4n) is 3.45. The number of thioether (sulfide) groups is 1. The van der Waals surface area contributed by atoms with E-state index in [2.05, 4.69) is 22.4 Å². The van der Waals surface area contributed by atoms with Gasteiger partial charge in [-0.05, 0) is 68.2 Å². The Hall–Kier alpha value is -2.31. The molecule has 29 heavy (non-hydrogen) atoms. The first-order valence-electron chi connectivity index (χ1n) is 9.84. The third-order valence-electron chi connectivity index (χ3n) is 4.90. The molecule has 0 fully saturated rings. The topological polar surface area (TPSA) is 68.0 Å². The van der Waals surface area contributed by atoms with Crippen molar-refractivity contribution in [2.24, 2.45) is 0 Å². The lowest BCUT2D eigenvalue weighted by atomic mass is 9.94. The Morgan fingerprint density at radius 2 is 2.14 bits per heavy atom. The average molecular weight is 428 g/mol. The number of rotatable bonds is 6. The molecule has 7 heteroatoms. The van der Waals surface area contributed by atoms with Gasteiger partial charge in [-0.1, -0.05) is 23.7 Å². The predicted octanol–water partition coefficient (Wildman–Crippen LogP) is 6.02. The lowest BCUT2D eigenvalue weighted by molar-refractivity contribution is 0.102. The first kappa shape index (κ1) is 20.0. The van der Waals surface area contributed by atoms with Crippen LogP contribution in [0.25, 0.3) is 11.3 Å². The van der Waals surface area contributed by atoms with Gasteiger partial charge in [0.15, 0.2) is 5.76 Å². The highest BCUT2D eigenvalue weighted by molar-refractivity contribution is 7.99. The summed E-state index contributed by atoms with van der Waals surface area (Å²) < 4.78 is 5.63. The van der Waals surface area contributed by atoms with Gasteiger partial charge in [-0.3, -0.25) is 4.79 Å². The Labute approximate surface area is 179 Å². The number of anilines is 1. The fourth-order valence-corrected chi connectivity index (χ4v) is 4.46. The van der Waals surface area contributed by atoms with Gasteiger partial charge >= 0.3 is 0 Å². The minimum atomic E-state index is -0.227. The molecule has 0 unspecified atom stereocenters. The number of carbonyl (C=O) groups is 1. The maximum Gasteiger partial charge on any atom is 0.258 e. The van der Waals surface area contributed by atoms with Gasteiger partial charge in [0.1, 0.15) is 5.03 Å². The Bertz CT molecular complexity index is 1030. The standard InChI is InChI=1S/C22H22ClN3O2S/c1-2-12-29-22-16(7-5-11-24-22)21(27)25-19-13-14(9-10-17(19)23)20-15-6-3-4-8-18(15)26-28-20/h5,7,9-11,13H,2-4,6,8,12H2,1H3,(H,25,27). The number of nitrogens with one attached hydrogen (secondary N) is 1. The molecule has 1 aliphatic rings. The molecule has 1 aliphatic carbocycles. The van der Waals surface area contributed by atoms with E-state index in [0.717, 1.165) is 59.9 Å². The Balaban J connectivity index is 1.61. The molecule has 1 aromatic carbocycles. The zero-order chi connectivity index (χ0) is 20.2. The fraction of sp³-hybridized carbons (Fsp3) is 0.318. The van der Waals surface area contributed by atoms with Crippen LogP contribution < -0.4 is 5.32 Å². The molecule has 2 aromatic heterocycles. The molecule has 0 radical (unpaired) electrons. The summed E-state index contributed by atoms with van der Waals surface area (Å²) >= 11 is 7.95. The highest BCUT2D eigenvalue weighted by Gasteiger charge is 2.21. The molecule has 2 heterocycles. The van der Waals surface area contributed by atoms with E-state index in [9.17, 15) is 4.79 Å². The number of benzene rings is 1. The van der Waals surface area contributed by atoms with E-state index in [1.54, 1.807) is 36.2 Å². The summed E-state index contributed by atoms with van der Waals surface area (Å²) in [6, 6.07) is 9.08. The summed E-state index contributed by atoms with van der Waals surface area (Å²) in [5.74, 6) is 1.45. The second-order valence-electron chi connectivity index (χ2n) is 7.00. The molecule has 0 atom stereocenters. The van der Waals surface area contributed by atoms with Crippen molar-refractivity contribution in [3.63, 3.8) is 0 Å². The van der Waals surface area contributed by atoms with E-state index in [1.807, 2.05) is 12.1 Å². The monoisotopic (exact) mass is 427 g/mol. The number of aromatic nitrogens is 2. The van der Waals surface area contributed by atoms with Crippen molar-refractivity contribution in [3.05, 3.63) is 58.4 Å². The minimum Gasteiger partial charge on any atom is -0.356 e. The largest absolute Gasteiger partial charge is 0.356 e. The number of hydrogen-bond acceptors (Lipinski definition) is 5. The van der Waals surface area contributed by atoms with Crippen LogP contribution in [-0.4, -0.2) is 21.8 Å². The first-order chi connectivity index (χ1) is 14.2. The SMILES string of the molecule is CCCSc1ncccc1C(=O)Nc1cc(-c2onc3c2CCCC3)ccc1Cl. The van der Waals surface area contributed by atoms with E-state index in [-0.39, 0.29) is 5.91 Å². The van der Waals surface area contributed by atoms with Crippen LogP contribution in [0.1, 0.15) is 47.8 Å². The van der Waals surface area contributed by atoms with Gasteiger partial charge in [-0.25, -0.2) is 4.98 Å². The maximum absolute atomic E-state index is 12.9. The summed E-state index contributed by atoms with van der Waals surface area (Å²) in [6.45, 7) is 2.10. The van der Waals surface area contributed by atoms with Crippen LogP contribution in [0.5, 0.6) is 0 Å². The molecule has 1 amide bonds. The quantitative estimate of drug-likeness (QED) is 0.487. The number of pyridine rings is 1. The molecule has 0 saturated heterocycles. The van der Waals surface area contributed by atoms with E-state index in [0.29, 0.717) is 16.3 Å². The van der Waals surface area contributed by atoms with Gasteiger partial charge < -0.3 is 9.84 Å². The molecular weight excluding hydrogens is 406 g/mol. The van der Waals surface area contributed by atoms with Crippen molar-refractivity contribution in [1.29, 1.82) is 0 Å². The molecule has 4 rings (SSSR count). The van der Waals surface area contributed by atoms with Crippen molar-refractivity contribution >= 4 is 35.0 Å². The highest BCUT2D eigenvalue weighted by Crippen LogP contribution is 2.35. The molecule has 3 aromatic rings. The molecular formula is C22H22ClN3O2S. The van der Waals surface area contributed by atoms with Gasteiger partial charge in [0.2, 0.25) is 0 Å². The zero-order valence-electron chi connectivity index (χ0n) is 16.2. The highest BCUT2D eigenvalue weighted by atomic mass is 35.5. The summed E-state index contributed by atoms with van der Waals surface area (Å²) in [6.07, 6.45) is 6.91. The minimum absolute atomic E-state index is 0.227. The summed E-state index contributed by atoms with van der Waals surface area (Å²) in [5.41, 5.74) is 4.17. The van der Waals surface area contributed by atoms with Crippen molar-refractivity contribution in [2.45, 2.75) is 44.1 Å². The summed E-state index contributed by atoms with van der Waals surface area (Å²) in [7, 11) is 0. The van der Waals surface area contributed by atoms with Crippen LogP contribution in [0.3, 0.4) is 0 Å². The van der Waals surface area contributed by atoms with Crippen molar-refractivity contribution in [3.8, 4) is 11.3 Å². The second kappa shape index (κ2) is 9.01. The smallest absolute Gasteiger partial charge is 0.258 e. The molecule has 0 aliphatic heterocycles. The molecule has 5 nitrogen and oxygen atoms in total. The van der Waals surface area contributed by atoms with Crippen LogP contribution in [0.2, 0.25) is 5.02 Å². The zero-order valence-corrected chi connectivity index (χ0v) is 17.8. The van der Waals surface area contributed by atoms with Crippen LogP contribution >= 0.6 is 23.4 Å². The van der Waals surface area contributed by atoms with Crippen molar-refractivity contribution in [2.75, 3.05) is 11.1 Å². The van der Waals surface area contributed by atoms with Gasteiger partial charge in [0.05, 0.1) is 22.0 Å². The van der Waals surface area contributed by atoms with Gasteiger partial charge in [-0.2, -0.15) is 0 Å². The lowest BCUT2D eigenvalue weighted by Gasteiger charge is -2.12. The third-order valence-corrected chi connectivity index (χ3v) is 6.44. The summed E-state index contributed by atoms with van der Waals surface area (Å²) in [4.78, 5) is 17.3. The molecule has 0 bridgehead atoms. The van der Waals surface area contributed by atoms with Crippen LogP contribution in [0.15, 0.2) is 46.1 Å². The van der Waals surface area contributed by atoms with Gasteiger partial charge in [0.25, 0.3) is 5.91 Å². The second-order valence-corrected chi connectivity index (χ2v) is 8.49. The van der Waals surface area contributed by atoms with Crippen LogP contribution in [0.4, 0.5) is 5.69 Å². The number of amides is 1. The van der Waals surface area contributed by atoms with E-state index in [1.165, 1.54) is 5.56 Å². The predicted molar refractivity (Wildman–Crippen MR) is 117 cm³/mol. The first-order valence-corrected chi connectivity index (χ1v) is 11.2. The number of aryl methyl sites for hydroxylation is 1. The maximum atomic E-state index is 12.9. The number of nitrogens with zero attached hydrogens (tertiary/aromatic N) is 2. The molecule has 0 saturated carbocycles. The number of carbonyl (C=O) groups excluding carboxylic acids is 1. The van der Waals surface area contributed by atoms with Gasteiger partial charge in [0, 0.05) is 17.3 Å². The molecule has 0 spiro atoms. The van der Waals surface area contributed by atoms with Crippen molar-refractivity contribution in [1.82, 2.24) is 10.1 Å². The van der Waals surface area contributed by atoms with E-state index < -0.39 is 0 Å². The van der Waals surface area contributed by atoms with Crippen LogP contribution in [0, 0.1) is 0 Å². The Morgan fingerprint density at radius 3 is 3.00 bits per heavy atom. The average Bonchev–Trinajstić information content (AvgIpc) is 3.18. The van der Waals surface area contributed by atoms with Crippen molar-refractivity contribution < 1.29 is 9.32 Å². The Kier molecular flexibility index (Phi) is 6.21.